The molecule has 1 saturated heterocycles. The Morgan fingerprint density at radius 3 is 2.42 bits per heavy atom. The third kappa shape index (κ3) is 5.35. The lowest BCUT2D eigenvalue weighted by Crippen LogP contribution is -2.32. The zero-order chi connectivity index (χ0) is 21.6. The maximum absolute atomic E-state index is 12.7. The number of aryl methyl sites for hydroxylation is 1. The second-order valence-electron chi connectivity index (χ2n) is 6.99. The molecular weight excluding hydrogens is 410 g/mol. The average molecular weight is 432 g/mol. The highest BCUT2D eigenvalue weighted by Gasteiger charge is 2.34. The van der Waals surface area contributed by atoms with Gasteiger partial charge in [0.25, 0.3) is 11.1 Å². The van der Waals surface area contributed by atoms with Crippen LogP contribution in [0, 0.1) is 6.92 Å². The van der Waals surface area contributed by atoms with Crippen molar-refractivity contribution in [3.05, 3.63) is 94.9 Å². The maximum Gasteiger partial charge on any atom is 0.293 e. The number of hydrogen-bond donors (Lipinski definition) is 0. The summed E-state index contributed by atoms with van der Waals surface area (Å²) in [7, 11) is 0. The molecule has 0 unspecified atom stereocenters. The molecule has 0 aliphatic carbocycles. The molecule has 0 atom stereocenters. The fourth-order valence-electron chi connectivity index (χ4n) is 3.10. The van der Waals surface area contributed by atoms with Gasteiger partial charge in [-0.15, -0.1) is 0 Å². The second-order valence-corrected chi connectivity index (χ2v) is 7.98. The van der Waals surface area contributed by atoms with Crippen LogP contribution in [0.1, 0.15) is 11.1 Å². The van der Waals surface area contributed by atoms with Crippen molar-refractivity contribution in [3.63, 3.8) is 0 Å². The zero-order valence-corrected chi connectivity index (χ0v) is 17.8. The topological polar surface area (TPSA) is 55.8 Å². The van der Waals surface area contributed by atoms with Gasteiger partial charge in [-0.1, -0.05) is 42.5 Å². The molecule has 156 valence electrons. The van der Waals surface area contributed by atoms with Gasteiger partial charge in [-0.3, -0.25) is 14.5 Å². The number of ether oxygens (including phenoxy) is 2. The number of imide groups is 1. The standard InChI is InChI=1S/C25H21NO4S/c1-18-7-5-11-21(15-18)29-14-13-26-24(27)23(31-25(26)28)17-19-8-6-12-22(16-19)30-20-9-3-2-4-10-20/h2-12,15-17H,13-14H2,1H3/b23-17-. The number of carbonyl (C=O) groups is 2. The highest BCUT2D eigenvalue weighted by Crippen LogP contribution is 2.33. The molecule has 0 N–H and O–H groups in total. The summed E-state index contributed by atoms with van der Waals surface area (Å²) >= 11 is 0.937. The zero-order valence-electron chi connectivity index (χ0n) is 17.0. The molecule has 2 amide bonds. The highest BCUT2D eigenvalue weighted by atomic mass is 32.2. The third-order valence-electron chi connectivity index (χ3n) is 4.58. The first-order valence-electron chi connectivity index (χ1n) is 9.86. The lowest BCUT2D eigenvalue weighted by atomic mass is 10.2. The fourth-order valence-corrected chi connectivity index (χ4v) is 3.96. The number of hydrogen-bond acceptors (Lipinski definition) is 5. The first kappa shape index (κ1) is 20.8. The van der Waals surface area contributed by atoms with E-state index in [9.17, 15) is 9.59 Å². The molecule has 0 saturated carbocycles. The van der Waals surface area contributed by atoms with Gasteiger partial charge in [-0.2, -0.15) is 0 Å². The van der Waals surface area contributed by atoms with Crippen molar-refractivity contribution >= 4 is 29.0 Å². The normalized spacial score (nSPS) is 14.9. The Bertz CT molecular complexity index is 1130. The molecule has 5 nitrogen and oxygen atoms in total. The van der Waals surface area contributed by atoms with Gasteiger partial charge in [0.1, 0.15) is 23.9 Å². The molecule has 4 rings (SSSR count). The Balaban J connectivity index is 1.40. The van der Waals surface area contributed by atoms with Gasteiger partial charge in [-0.25, -0.2) is 0 Å². The molecule has 6 heteroatoms. The van der Waals surface area contributed by atoms with Gasteiger partial charge in [0.2, 0.25) is 0 Å². The second kappa shape index (κ2) is 9.53. The summed E-state index contributed by atoms with van der Waals surface area (Å²) in [6, 6.07) is 24.5. The Hall–Kier alpha value is -3.51. The third-order valence-corrected chi connectivity index (χ3v) is 5.49. The monoisotopic (exact) mass is 431 g/mol. The van der Waals surface area contributed by atoms with E-state index in [1.54, 1.807) is 6.08 Å². The Morgan fingerprint density at radius 2 is 1.61 bits per heavy atom. The summed E-state index contributed by atoms with van der Waals surface area (Å²) in [5, 5.41) is -0.291. The summed E-state index contributed by atoms with van der Waals surface area (Å²) in [6.45, 7) is 2.43. The van der Waals surface area contributed by atoms with Crippen molar-refractivity contribution in [1.29, 1.82) is 0 Å². The molecular formula is C25H21NO4S. The summed E-state index contributed by atoms with van der Waals surface area (Å²) in [6.07, 6.45) is 1.71. The molecule has 31 heavy (non-hydrogen) atoms. The van der Waals surface area contributed by atoms with Crippen molar-refractivity contribution in [3.8, 4) is 17.2 Å². The molecule has 0 bridgehead atoms. The largest absolute Gasteiger partial charge is 0.492 e. The quantitative estimate of drug-likeness (QED) is 0.436. The van der Waals surface area contributed by atoms with E-state index in [0.717, 1.165) is 34.4 Å². The van der Waals surface area contributed by atoms with Crippen molar-refractivity contribution in [1.82, 2.24) is 4.90 Å². The maximum atomic E-state index is 12.7. The Morgan fingerprint density at radius 1 is 0.871 bits per heavy atom. The minimum Gasteiger partial charge on any atom is -0.492 e. The lowest BCUT2D eigenvalue weighted by molar-refractivity contribution is -0.123. The minimum absolute atomic E-state index is 0.201. The molecule has 3 aromatic carbocycles. The molecule has 0 spiro atoms. The summed E-state index contributed by atoms with van der Waals surface area (Å²) in [5.74, 6) is 1.80. The van der Waals surface area contributed by atoms with E-state index >= 15 is 0 Å². The van der Waals surface area contributed by atoms with Crippen LogP contribution in [-0.4, -0.2) is 29.2 Å². The van der Waals surface area contributed by atoms with Crippen molar-refractivity contribution < 1.29 is 19.1 Å². The minimum atomic E-state index is -0.308. The number of para-hydroxylation sites is 1. The molecule has 1 aliphatic rings. The first-order chi connectivity index (χ1) is 15.1. The van der Waals surface area contributed by atoms with Gasteiger partial charge in [-0.05, 0) is 72.3 Å². The fraction of sp³-hybridized carbons (Fsp3) is 0.120. The van der Waals surface area contributed by atoms with Crippen LogP contribution in [0.2, 0.25) is 0 Å². The molecule has 0 radical (unpaired) electrons. The van der Waals surface area contributed by atoms with Gasteiger partial charge < -0.3 is 9.47 Å². The summed E-state index contributed by atoms with van der Waals surface area (Å²) < 4.78 is 11.5. The number of rotatable bonds is 7. The Labute approximate surface area is 185 Å². The van der Waals surface area contributed by atoms with Crippen LogP contribution in [0.5, 0.6) is 17.2 Å². The molecule has 3 aromatic rings. The summed E-state index contributed by atoms with van der Waals surface area (Å²) in [4.78, 5) is 26.7. The van der Waals surface area contributed by atoms with E-state index in [-0.39, 0.29) is 24.3 Å². The molecule has 0 aromatic heterocycles. The van der Waals surface area contributed by atoms with E-state index < -0.39 is 0 Å². The van der Waals surface area contributed by atoms with E-state index in [2.05, 4.69) is 0 Å². The summed E-state index contributed by atoms with van der Waals surface area (Å²) in [5.41, 5.74) is 1.88. The van der Waals surface area contributed by atoms with E-state index in [1.165, 1.54) is 4.90 Å². The number of thioether (sulfide) groups is 1. The van der Waals surface area contributed by atoms with Crippen LogP contribution in [0.3, 0.4) is 0 Å². The number of nitrogens with zero attached hydrogens (tertiary/aromatic N) is 1. The predicted octanol–water partition coefficient (Wildman–Crippen LogP) is 5.90. The van der Waals surface area contributed by atoms with Crippen LogP contribution in [0.15, 0.2) is 83.8 Å². The van der Waals surface area contributed by atoms with Gasteiger partial charge in [0.15, 0.2) is 0 Å². The highest BCUT2D eigenvalue weighted by molar-refractivity contribution is 8.18. The van der Waals surface area contributed by atoms with E-state index in [1.807, 2.05) is 85.8 Å². The molecule has 1 fully saturated rings. The number of amides is 2. The van der Waals surface area contributed by atoms with Crippen molar-refractivity contribution in [2.45, 2.75) is 6.92 Å². The average Bonchev–Trinajstić information content (AvgIpc) is 3.02. The first-order valence-corrected chi connectivity index (χ1v) is 10.7. The Kier molecular flexibility index (Phi) is 6.38. The van der Waals surface area contributed by atoms with E-state index in [0.29, 0.717) is 10.7 Å². The molecule has 1 heterocycles. The predicted molar refractivity (Wildman–Crippen MR) is 122 cm³/mol. The molecule has 1 aliphatic heterocycles. The van der Waals surface area contributed by atoms with Crippen LogP contribution < -0.4 is 9.47 Å². The van der Waals surface area contributed by atoms with Crippen molar-refractivity contribution in [2.24, 2.45) is 0 Å². The van der Waals surface area contributed by atoms with Crippen molar-refractivity contribution in [2.75, 3.05) is 13.2 Å². The van der Waals surface area contributed by atoms with Crippen LogP contribution in [0.25, 0.3) is 6.08 Å². The number of benzene rings is 3. The SMILES string of the molecule is Cc1cccc(OCCN2C(=O)S/C(=C\c3cccc(Oc4ccccc4)c3)C2=O)c1. The van der Waals surface area contributed by atoms with Gasteiger partial charge in [0, 0.05) is 0 Å². The lowest BCUT2D eigenvalue weighted by Gasteiger charge is -2.13. The van der Waals surface area contributed by atoms with Crippen LogP contribution >= 0.6 is 11.8 Å². The van der Waals surface area contributed by atoms with E-state index in [4.69, 9.17) is 9.47 Å². The number of carbonyl (C=O) groups excluding carboxylic acids is 2. The van der Waals surface area contributed by atoms with Crippen LogP contribution in [-0.2, 0) is 4.79 Å². The smallest absolute Gasteiger partial charge is 0.293 e. The van der Waals surface area contributed by atoms with Crippen LogP contribution in [0.4, 0.5) is 4.79 Å². The van der Waals surface area contributed by atoms with Gasteiger partial charge in [0.05, 0.1) is 11.4 Å². The van der Waals surface area contributed by atoms with Gasteiger partial charge >= 0.3 is 0 Å².